The van der Waals surface area contributed by atoms with Crippen molar-refractivity contribution in [2.24, 2.45) is 0 Å². The molecule has 11 heavy (non-hydrogen) atoms. The molecule has 1 fully saturated rings. The Morgan fingerprint density at radius 2 is 1.45 bits per heavy atom. The van der Waals surface area contributed by atoms with Crippen molar-refractivity contribution in [2.75, 3.05) is 0 Å². The largest absolute Gasteiger partial charge is 0.389 e. The minimum Gasteiger partial charge on any atom is -0.389 e. The highest BCUT2D eigenvalue weighted by molar-refractivity contribution is 8.00. The molecule has 1 aliphatic rings. The Kier molecular flexibility index (Phi) is 2.77. The first-order chi connectivity index (χ1) is 5.04. The van der Waals surface area contributed by atoms with Crippen molar-refractivity contribution in [1.82, 2.24) is 0 Å². The number of hydrogen-bond acceptors (Lipinski definition) is 5. The smallest absolute Gasteiger partial charge is 0.128 e. The third-order valence-electron chi connectivity index (χ3n) is 1.83. The van der Waals surface area contributed by atoms with E-state index in [1.54, 1.807) is 6.92 Å². The van der Waals surface area contributed by atoms with Gasteiger partial charge in [-0.1, -0.05) is 6.92 Å². The molecule has 5 heteroatoms. The molecule has 1 heterocycles. The highest BCUT2D eigenvalue weighted by Gasteiger charge is 2.40. The van der Waals surface area contributed by atoms with Crippen LogP contribution in [0, 0.1) is 0 Å². The van der Waals surface area contributed by atoms with Gasteiger partial charge in [0, 0.05) is 5.25 Å². The Balaban J connectivity index is 2.63. The molecule has 1 rings (SSSR count). The predicted molar refractivity (Wildman–Crippen MR) is 41.1 cm³/mol. The van der Waals surface area contributed by atoms with Crippen molar-refractivity contribution in [2.45, 2.75) is 35.9 Å². The second-order valence-corrected chi connectivity index (χ2v) is 4.20. The average molecular weight is 180 g/mol. The van der Waals surface area contributed by atoms with Crippen LogP contribution >= 0.6 is 11.8 Å². The Morgan fingerprint density at radius 1 is 0.909 bits per heavy atom. The van der Waals surface area contributed by atoms with Crippen LogP contribution in [-0.4, -0.2) is 49.4 Å². The summed E-state index contributed by atoms with van der Waals surface area (Å²) in [4.78, 5) is 0. The molecule has 4 nitrogen and oxygen atoms in total. The van der Waals surface area contributed by atoms with E-state index in [9.17, 15) is 5.11 Å². The zero-order chi connectivity index (χ0) is 8.59. The van der Waals surface area contributed by atoms with Gasteiger partial charge in [0.15, 0.2) is 0 Å². The summed E-state index contributed by atoms with van der Waals surface area (Å²) in [5.41, 5.74) is -0.997. The monoisotopic (exact) mass is 180 g/mol. The van der Waals surface area contributed by atoms with Crippen molar-refractivity contribution in [3.63, 3.8) is 0 Å². The van der Waals surface area contributed by atoms with Gasteiger partial charge >= 0.3 is 0 Å². The van der Waals surface area contributed by atoms with Crippen LogP contribution in [0.15, 0.2) is 0 Å². The first-order valence-electron chi connectivity index (χ1n) is 3.41. The van der Waals surface area contributed by atoms with Gasteiger partial charge < -0.3 is 20.4 Å². The molecular formula is C6H12O4S. The molecule has 66 valence electrons. The molecule has 1 aliphatic heterocycles. The zero-order valence-corrected chi connectivity index (χ0v) is 6.90. The standard InChI is InChI=1S/C6H12O4S/c1-2-3(7)4(8)5(9)6(10)11-2/h2-10H,1H3/t2?,3-,4?,5+,6+/m0/s1. The van der Waals surface area contributed by atoms with E-state index in [0.29, 0.717) is 0 Å². The van der Waals surface area contributed by atoms with E-state index in [1.807, 2.05) is 0 Å². The molecule has 0 bridgehead atoms. The predicted octanol–water partition coefficient (Wildman–Crippen LogP) is -1.48. The van der Waals surface area contributed by atoms with Crippen LogP contribution in [0.1, 0.15) is 6.92 Å². The summed E-state index contributed by atoms with van der Waals surface area (Å²) >= 11 is 1.06. The topological polar surface area (TPSA) is 80.9 Å². The van der Waals surface area contributed by atoms with Crippen molar-refractivity contribution < 1.29 is 20.4 Å². The quantitative estimate of drug-likeness (QED) is 0.366. The summed E-state index contributed by atoms with van der Waals surface area (Å²) in [5.74, 6) is 0. The molecule has 1 saturated heterocycles. The van der Waals surface area contributed by atoms with Crippen LogP contribution in [-0.2, 0) is 0 Å². The Hall–Kier alpha value is 0.190. The molecule has 0 spiro atoms. The molecule has 0 radical (unpaired) electrons. The fourth-order valence-electron chi connectivity index (χ4n) is 1.03. The summed E-state index contributed by atoms with van der Waals surface area (Å²) in [6, 6.07) is 0. The number of aliphatic hydroxyl groups excluding tert-OH is 4. The molecular weight excluding hydrogens is 168 g/mol. The van der Waals surface area contributed by atoms with Crippen molar-refractivity contribution in [1.29, 1.82) is 0 Å². The van der Waals surface area contributed by atoms with E-state index in [0.717, 1.165) is 11.8 Å². The van der Waals surface area contributed by atoms with Crippen LogP contribution in [0.25, 0.3) is 0 Å². The third kappa shape index (κ3) is 1.68. The summed E-state index contributed by atoms with van der Waals surface area (Å²) in [6.45, 7) is 1.69. The molecule has 0 amide bonds. The number of aliphatic hydroxyl groups is 4. The van der Waals surface area contributed by atoms with Gasteiger partial charge in [0.2, 0.25) is 0 Å². The third-order valence-corrected chi connectivity index (χ3v) is 3.09. The maximum absolute atomic E-state index is 9.19. The van der Waals surface area contributed by atoms with Crippen molar-refractivity contribution in [3.05, 3.63) is 0 Å². The fourth-order valence-corrected chi connectivity index (χ4v) is 2.11. The lowest BCUT2D eigenvalue weighted by Crippen LogP contribution is -2.52. The zero-order valence-electron chi connectivity index (χ0n) is 6.08. The maximum atomic E-state index is 9.19. The van der Waals surface area contributed by atoms with Crippen LogP contribution < -0.4 is 0 Å². The molecule has 2 unspecified atom stereocenters. The Morgan fingerprint density at radius 3 is 2.00 bits per heavy atom. The first kappa shape index (κ1) is 9.28. The molecule has 4 N–H and O–H groups in total. The highest BCUT2D eigenvalue weighted by atomic mass is 32.2. The van der Waals surface area contributed by atoms with Gasteiger partial charge in [-0.3, -0.25) is 0 Å². The SMILES string of the molecule is CC1S[C@@H](O)[C@H](O)C(O)[C@H]1O. The van der Waals surface area contributed by atoms with Crippen LogP contribution in [0.3, 0.4) is 0 Å². The number of rotatable bonds is 0. The lowest BCUT2D eigenvalue weighted by molar-refractivity contribution is -0.0909. The van der Waals surface area contributed by atoms with Gasteiger partial charge in [-0.25, -0.2) is 0 Å². The van der Waals surface area contributed by atoms with E-state index in [1.165, 1.54) is 0 Å². The van der Waals surface area contributed by atoms with E-state index in [4.69, 9.17) is 15.3 Å². The summed E-state index contributed by atoms with van der Waals surface area (Å²) < 4.78 is 0. The number of thioether (sulfide) groups is 1. The van der Waals surface area contributed by atoms with Crippen LogP contribution in [0.2, 0.25) is 0 Å². The van der Waals surface area contributed by atoms with Gasteiger partial charge in [-0.15, -0.1) is 11.8 Å². The minimum absolute atomic E-state index is 0.247. The first-order valence-corrected chi connectivity index (χ1v) is 4.36. The van der Waals surface area contributed by atoms with Crippen molar-refractivity contribution in [3.8, 4) is 0 Å². The van der Waals surface area contributed by atoms with Gasteiger partial charge in [0.05, 0.1) is 6.10 Å². The molecule has 0 saturated carbocycles. The lowest BCUT2D eigenvalue weighted by Gasteiger charge is -2.35. The Bertz CT molecular complexity index is 129. The molecule has 0 aromatic heterocycles. The molecule has 0 aromatic rings. The van der Waals surface area contributed by atoms with Crippen molar-refractivity contribution >= 4 is 11.8 Å². The van der Waals surface area contributed by atoms with Crippen LogP contribution in [0.4, 0.5) is 0 Å². The second kappa shape index (κ2) is 3.28. The van der Waals surface area contributed by atoms with Gasteiger partial charge in [0.25, 0.3) is 0 Å². The summed E-state index contributed by atoms with van der Waals surface area (Å²) in [6.07, 6.45) is -3.44. The van der Waals surface area contributed by atoms with E-state index >= 15 is 0 Å². The highest BCUT2D eigenvalue weighted by Crippen LogP contribution is 2.30. The number of hydrogen-bond donors (Lipinski definition) is 4. The molecule has 0 aliphatic carbocycles. The summed E-state index contributed by atoms with van der Waals surface area (Å²) in [5, 5.41) is 36.2. The molecule has 5 atom stereocenters. The van der Waals surface area contributed by atoms with E-state index < -0.39 is 23.7 Å². The van der Waals surface area contributed by atoms with Crippen LogP contribution in [0.5, 0.6) is 0 Å². The Labute approximate surface area is 68.9 Å². The fraction of sp³-hybridized carbons (Fsp3) is 1.00. The normalized spacial score (nSPS) is 52.6. The average Bonchev–Trinajstić information content (AvgIpc) is 1.97. The van der Waals surface area contributed by atoms with Gasteiger partial charge in [-0.05, 0) is 0 Å². The minimum atomic E-state index is -1.24. The van der Waals surface area contributed by atoms with E-state index in [2.05, 4.69) is 0 Å². The summed E-state index contributed by atoms with van der Waals surface area (Å²) in [7, 11) is 0. The molecule has 0 aromatic carbocycles. The van der Waals surface area contributed by atoms with Gasteiger partial charge in [0.1, 0.15) is 17.6 Å². The second-order valence-electron chi connectivity index (χ2n) is 2.70. The maximum Gasteiger partial charge on any atom is 0.128 e. The van der Waals surface area contributed by atoms with E-state index in [-0.39, 0.29) is 5.25 Å². The lowest BCUT2D eigenvalue weighted by atomic mass is 10.1. The van der Waals surface area contributed by atoms with Gasteiger partial charge in [-0.2, -0.15) is 0 Å².